The van der Waals surface area contributed by atoms with Crippen LogP contribution >= 0.6 is 0 Å². The predicted molar refractivity (Wildman–Crippen MR) is 91.8 cm³/mol. The highest BCUT2D eigenvalue weighted by Crippen LogP contribution is 2.29. The van der Waals surface area contributed by atoms with Crippen LogP contribution in [0.3, 0.4) is 0 Å². The van der Waals surface area contributed by atoms with Gasteiger partial charge in [-0.1, -0.05) is 30.4 Å². The van der Waals surface area contributed by atoms with Crippen molar-refractivity contribution in [3.63, 3.8) is 0 Å². The number of aliphatic carboxylic acids is 1. The summed E-state index contributed by atoms with van der Waals surface area (Å²) in [6, 6.07) is 7.32. The maximum Gasteiger partial charge on any atom is 0.307 e. The molecule has 0 saturated heterocycles. The first-order valence-corrected chi connectivity index (χ1v) is 8.34. The van der Waals surface area contributed by atoms with Crippen molar-refractivity contribution in [2.45, 2.75) is 45.8 Å². The third kappa shape index (κ3) is 4.37. The number of allylic oxidation sites excluding steroid dienone is 2. The Kier molecular flexibility index (Phi) is 6.01. The molecule has 0 aliphatic heterocycles. The van der Waals surface area contributed by atoms with Gasteiger partial charge in [0.05, 0.1) is 24.0 Å². The fourth-order valence-electron chi connectivity index (χ4n) is 2.97. The highest BCUT2D eigenvalue weighted by Gasteiger charge is 2.34. The summed E-state index contributed by atoms with van der Waals surface area (Å²) in [4.78, 5) is 23.9. The van der Waals surface area contributed by atoms with E-state index in [1.807, 2.05) is 57.2 Å². The minimum atomic E-state index is -0.921. The number of carboxylic acid groups (broad SMARTS) is 1. The van der Waals surface area contributed by atoms with Gasteiger partial charge in [0, 0.05) is 5.56 Å². The minimum absolute atomic E-state index is 0.0360. The van der Waals surface area contributed by atoms with Crippen molar-refractivity contribution < 1.29 is 19.4 Å². The van der Waals surface area contributed by atoms with E-state index in [1.165, 1.54) is 0 Å². The van der Waals surface area contributed by atoms with Crippen LogP contribution in [-0.4, -0.2) is 23.1 Å². The molecule has 2 rings (SSSR count). The zero-order valence-electron chi connectivity index (χ0n) is 14.4. The SMILES string of the molecule is CC(C)Oc1ccccc1[C@H](C)NC(=O)[C@H]1CC=CC[C@H]1C(=O)O. The quantitative estimate of drug-likeness (QED) is 0.784. The second-order valence-electron chi connectivity index (χ2n) is 6.43. The van der Waals surface area contributed by atoms with Gasteiger partial charge in [0.15, 0.2) is 0 Å². The summed E-state index contributed by atoms with van der Waals surface area (Å²) < 4.78 is 5.80. The lowest BCUT2D eigenvalue weighted by Gasteiger charge is -2.27. The van der Waals surface area contributed by atoms with Gasteiger partial charge in [-0.3, -0.25) is 9.59 Å². The molecule has 0 heterocycles. The first kappa shape index (κ1) is 18.0. The first-order chi connectivity index (χ1) is 11.4. The molecule has 24 heavy (non-hydrogen) atoms. The van der Waals surface area contributed by atoms with Gasteiger partial charge >= 0.3 is 5.97 Å². The van der Waals surface area contributed by atoms with E-state index in [0.717, 1.165) is 11.3 Å². The second kappa shape index (κ2) is 7.99. The van der Waals surface area contributed by atoms with Gasteiger partial charge in [-0.25, -0.2) is 0 Å². The smallest absolute Gasteiger partial charge is 0.307 e. The normalized spacial score (nSPS) is 21.3. The molecule has 0 bridgehead atoms. The number of amides is 1. The van der Waals surface area contributed by atoms with Crippen molar-refractivity contribution in [3.05, 3.63) is 42.0 Å². The summed E-state index contributed by atoms with van der Waals surface area (Å²) in [5, 5.41) is 12.3. The number of carbonyl (C=O) groups is 2. The molecule has 0 aromatic heterocycles. The Labute approximate surface area is 142 Å². The van der Waals surface area contributed by atoms with Crippen LogP contribution in [-0.2, 0) is 9.59 Å². The topological polar surface area (TPSA) is 75.6 Å². The summed E-state index contributed by atoms with van der Waals surface area (Å²) in [5.74, 6) is -1.61. The molecule has 1 aromatic carbocycles. The number of nitrogens with one attached hydrogen (secondary N) is 1. The molecule has 1 amide bonds. The van der Waals surface area contributed by atoms with E-state index in [2.05, 4.69) is 5.32 Å². The Bertz CT molecular complexity index is 624. The molecule has 1 aliphatic carbocycles. The van der Waals surface area contributed by atoms with Gasteiger partial charge in [0.2, 0.25) is 5.91 Å². The molecular weight excluding hydrogens is 306 g/mol. The minimum Gasteiger partial charge on any atom is -0.491 e. The summed E-state index contributed by atoms with van der Waals surface area (Å²) in [6.07, 6.45) is 4.60. The van der Waals surface area contributed by atoms with E-state index in [4.69, 9.17) is 4.74 Å². The van der Waals surface area contributed by atoms with E-state index in [0.29, 0.717) is 12.8 Å². The van der Waals surface area contributed by atoms with Crippen molar-refractivity contribution in [2.75, 3.05) is 0 Å². The van der Waals surface area contributed by atoms with Gasteiger partial charge in [-0.05, 0) is 39.7 Å². The maximum atomic E-state index is 12.6. The highest BCUT2D eigenvalue weighted by atomic mass is 16.5. The zero-order chi connectivity index (χ0) is 17.7. The summed E-state index contributed by atoms with van der Waals surface area (Å²) in [7, 11) is 0. The molecule has 5 nitrogen and oxygen atoms in total. The Morgan fingerprint density at radius 3 is 2.38 bits per heavy atom. The number of carbonyl (C=O) groups excluding carboxylic acids is 1. The molecule has 0 radical (unpaired) electrons. The Morgan fingerprint density at radius 1 is 1.12 bits per heavy atom. The molecule has 0 unspecified atom stereocenters. The second-order valence-corrected chi connectivity index (χ2v) is 6.43. The van der Waals surface area contributed by atoms with E-state index in [9.17, 15) is 14.7 Å². The van der Waals surface area contributed by atoms with Crippen LogP contribution in [0.1, 0.15) is 45.2 Å². The van der Waals surface area contributed by atoms with Gasteiger partial charge in [0.1, 0.15) is 5.75 Å². The molecule has 1 aliphatic rings. The number of para-hydroxylation sites is 1. The Morgan fingerprint density at radius 2 is 1.75 bits per heavy atom. The van der Waals surface area contributed by atoms with E-state index in [1.54, 1.807) is 0 Å². The molecule has 2 N–H and O–H groups in total. The van der Waals surface area contributed by atoms with Crippen LogP contribution in [0.25, 0.3) is 0 Å². The number of rotatable bonds is 6. The first-order valence-electron chi connectivity index (χ1n) is 8.34. The number of hydrogen-bond acceptors (Lipinski definition) is 3. The van der Waals surface area contributed by atoms with Gasteiger partial charge in [-0.15, -0.1) is 0 Å². The van der Waals surface area contributed by atoms with Gasteiger partial charge < -0.3 is 15.2 Å². The average molecular weight is 331 g/mol. The lowest BCUT2D eigenvalue weighted by atomic mass is 9.82. The molecular formula is C19H25NO4. The van der Waals surface area contributed by atoms with Crippen LogP contribution < -0.4 is 10.1 Å². The molecule has 0 saturated carbocycles. The number of hydrogen-bond donors (Lipinski definition) is 2. The molecule has 3 atom stereocenters. The lowest BCUT2D eigenvalue weighted by Crippen LogP contribution is -2.39. The monoisotopic (exact) mass is 331 g/mol. The lowest BCUT2D eigenvalue weighted by molar-refractivity contribution is -0.147. The standard InChI is InChI=1S/C19H25NO4/c1-12(2)24-17-11-7-6-8-14(17)13(3)20-18(21)15-9-4-5-10-16(15)19(22)23/h4-8,11-13,15-16H,9-10H2,1-3H3,(H,20,21)(H,22,23)/t13-,15-,16+/m0/s1. The van der Waals surface area contributed by atoms with Crippen molar-refractivity contribution in [1.82, 2.24) is 5.32 Å². The fraction of sp³-hybridized carbons (Fsp3) is 0.474. The van der Waals surface area contributed by atoms with Crippen LogP contribution in [0.2, 0.25) is 0 Å². The third-order valence-corrected chi connectivity index (χ3v) is 4.19. The molecule has 0 spiro atoms. The van der Waals surface area contributed by atoms with Crippen LogP contribution in [0.5, 0.6) is 5.75 Å². The molecule has 0 fully saturated rings. The largest absolute Gasteiger partial charge is 0.491 e. The van der Waals surface area contributed by atoms with Gasteiger partial charge in [0.25, 0.3) is 0 Å². The molecule has 1 aromatic rings. The predicted octanol–water partition coefficient (Wildman–Crippen LogP) is 3.32. The highest BCUT2D eigenvalue weighted by molar-refractivity contribution is 5.85. The van der Waals surface area contributed by atoms with Crippen LogP contribution in [0.15, 0.2) is 36.4 Å². The van der Waals surface area contributed by atoms with Crippen molar-refractivity contribution in [3.8, 4) is 5.75 Å². The van der Waals surface area contributed by atoms with Crippen molar-refractivity contribution in [2.24, 2.45) is 11.8 Å². The van der Waals surface area contributed by atoms with Crippen molar-refractivity contribution in [1.29, 1.82) is 0 Å². The summed E-state index contributed by atoms with van der Waals surface area (Å²) in [5.41, 5.74) is 0.887. The maximum absolute atomic E-state index is 12.6. The third-order valence-electron chi connectivity index (χ3n) is 4.19. The number of ether oxygens (including phenoxy) is 1. The molecule has 130 valence electrons. The van der Waals surface area contributed by atoms with Gasteiger partial charge in [-0.2, -0.15) is 0 Å². The van der Waals surface area contributed by atoms with Crippen LogP contribution in [0.4, 0.5) is 0 Å². The van der Waals surface area contributed by atoms with E-state index < -0.39 is 17.8 Å². The van der Waals surface area contributed by atoms with Crippen LogP contribution in [0, 0.1) is 11.8 Å². The van der Waals surface area contributed by atoms with Crippen molar-refractivity contribution >= 4 is 11.9 Å². The number of benzene rings is 1. The van der Waals surface area contributed by atoms with E-state index in [-0.39, 0.29) is 18.1 Å². The summed E-state index contributed by atoms with van der Waals surface area (Å²) >= 11 is 0. The zero-order valence-corrected chi connectivity index (χ0v) is 14.4. The summed E-state index contributed by atoms with van der Waals surface area (Å²) in [6.45, 7) is 5.78. The number of carboxylic acids is 1. The van der Waals surface area contributed by atoms with E-state index >= 15 is 0 Å². The average Bonchev–Trinajstić information content (AvgIpc) is 2.54. The molecule has 5 heteroatoms. The Balaban J connectivity index is 2.11. The Hall–Kier alpha value is -2.30. The fourth-order valence-corrected chi connectivity index (χ4v) is 2.97.